The van der Waals surface area contributed by atoms with Crippen LogP contribution in [-0.4, -0.2) is 57.3 Å². The molecule has 6 nitrogen and oxygen atoms in total. The maximum absolute atomic E-state index is 6.08. The zero-order valence-corrected chi connectivity index (χ0v) is 21.3. The van der Waals surface area contributed by atoms with Crippen molar-refractivity contribution in [3.05, 3.63) is 29.3 Å². The van der Waals surface area contributed by atoms with Gasteiger partial charge in [-0.1, -0.05) is 18.2 Å². The first-order valence-electron chi connectivity index (χ1n) is 10.9. The maximum Gasteiger partial charge on any atom is 0.537 e. The molecule has 0 unspecified atom stereocenters. The third kappa shape index (κ3) is 7.55. The maximum atomic E-state index is 6.08. The van der Waals surface area contributed by atoms with Gasteiger partial charge in [-0.25, -0.2) is 0 Å². The first-order chi connectivity index (χ1) is 14.0. The van der Waals surface area contributed by atoms with E-state index in [0.717, 1.165) is 17.7 Å². The highest BCUT2D eigenvalue weighted by Crippen LogP contribution is 2.22. The quantitative estimate of drug-likeness (QED) is 0.361. The van der Waals surface area contributed by atoms with Crippen LogP contribution in [0.15, 0.2) is 18.2 Å². The fraction of sp³-hybridized carbons (Fsp3) is 0.714. The lowest BCUT2D eigenvalue weighted by molar-refractivity contribution is 0.0714. The van der Waals surface area contributed by atoms with Gasteiger partial charge in [-0.2, -0.15) is 0 Å². The fourth-order valence-electron chi connectivity index (χ4n) is 3.37. The van der Waals surface area contributed by atoms with E-state index in [0.29, 0.717) is 39.6 Å². The molecule has 0 bridgehead atoms. The molecule has 8 heteroatoms. The molecular weight excluding hydrogens is 404 g/mol. The molecule has 0 aliphatic carbocycles. The van der Waals surface area contributed by atoms with Crippen LogP contribution in [0, 0.1) is 6.92 Å². The highest BCUT2D eigenvalue weighted by Gasteiger charge is 2.44. The summed E-state index contributed by atoms with van der Waals surface area (Å²) < 4.78 is 36.3. The summed E-state index contributed by atoms with van der Waals surface area (Å²) in [6, 6.07) is 7.10. The smallest absolute Gasteiger partial charge is 0.374 e. The molecular formula is C21H40O6Si2. The van der Waals surface area contributed by atoms with Gasteiger partial charge >= 0.3 is 17.6 Å². The summed E-state index contributed by atoms with van der Waals surface area (Å²) in [4.78, 5) is 0. The Morgan fingerprint density at radius 2 is 1.10 bits per heavy atom. The second-order valence-corrected chi connectivity index (χ2v) is 11.8. The Hall–Kier alpha value is -0.586. The zero-order chi connectivity index (χ0) is 21.8. The minimum atomic E-state index is -2.93. The summed E-state index contributed by atoms with van der Waals surface area (Å²) in [7, 11) is -5.62. The third-order valence-corrected chi connectivity index (χ3v) is 10.6. The molecule has 29 heavy (non-hydrogen) atoms. The van der Waals surface area contributed by atoms with Gasteiger partial charge in [0.25, 0.3) is 0 Å². The number of hydrogen-bond acceptors (Lipinski definition) is 6. The molecule has 0 aliphatic heterocycles. The molecule has 1 aromatic carbocycles. The van der Waals surface area contributed by atoms with Crippen molar-refractivity contribution in [1.82, 2.24) is 0 Å². The largest absolute Gasteiger partial charge is 0.537 e. The van der Waals surface area contributed by atoms with Gasteiger partial charge in [0.1, 0.15) is 0 Å². The highest BCUT2D eigenvalue weighted by atomic mass is 28.4. The van der Waals surface area contributed by atoms with Gasteiger partial charge in [-0.3, -0.25) is 0 Å². The van der Waals surface area contributed by atoms with Crippen LogP contribution in [0.25, 0.3) is 0 Å². The predicted molar refractivity (Wildman–Crippen MR) is 121 cm³/mol. The standard InChI is InChI=1S/C21H40O6Si2/c1-8-22-28(23-9-2,24-10-3)17-16-20-18-21(15-14-19(20)7)29(25-11-4,26-12-5)27-13-6/h14-15,18H,8-13,16-17H2,1-7H3. The fourth-order valence-corrected chi connectivity index (χ4v) is 8.47. The molecule has 0 aliphatic rings. The highest BCUT2D eigenvalue weighted by molar-refractivity contribution is 6.75. The van der Waals surface area contributed by atoms with Crippen molar-refractivity contribution < 1.29 is 26.6 Å². The molecule has 0 saturated heterocycles. The molecule has 168 valence electrons. The third-order valence-electron chi connectivity index (χ3n) is 4.50. The van der Waals surface area contributed by atoms with Crippen LogP contribution in [0.2, 0.25) is 6.04 Å². The van der Waals surface area contributed by atoms with Crippen molar-refractivity contribution in [3.8, 4) is 0 Å². The molecule has 0 aromatic heterocycles. The SMILES string of the molecule is CCO[Si](CCc1cc([Si](OCC)(OCC)OCC)ccc1C)(OCC)OCC. The Morgan fingerprint density at radius 1 is 0.655 bits per heavy atom. The Balaban J connectivity index is 3.19. The molecule has 0 fully saturated rings. The van der Waals surface area contributed by atoms with E-state index in [-0.39, 0.29) is 0 Å². The summed E-state index contributed by atoms with van der Waals surface area (Å²) >= 11 is 0. The minimum Gasteiger partial charge on any atom is -0.374 e. The van der Waals surface area contributed by atoms with E-state index in [1.807, 2.05) is 41.5 Å². The zero-order valence-electron chi connectivity index (χ0n) is 19.3. The van der Waals surface area contributed by atoms with Crippen molar-refractivity contribution in [3.63, 3.8) is 0 Å². The van der Waals surface area contributed by atoms with Crippen LogP contribution in [0.1, 0.15) is 52.7 Å². The van der Waals surface area contributed by atoms with E-state index in [2.05, 4.69) is 25.1 Å². The Morgan fingerprint density at radius 3 is 1.52 bits per heavy atom. The lowest BCUT2D eigenvalue weighted by atomic mass is 10.1. The average molecular weight is 445 g/mol. The summed E-state index contributed by atoms with van der Waals surface area (Å²) in [5.41, 5.74) is 2.43. The van der Waals surface area contributed by atoms with Crippen LogP contribution in [0.4, 0.5) is 0 Å². The number of hydrogen-bond donors (Lipinski definition) is 0. The second kappa shape index (κ2) is 13.7. The lowest BCUT2D eigenvalue weighted by Crippen LogP contribution is -2.57. The molecule has 0 radical (unpaired) electrons. The minimum absolute atomic E-state index is 0.546. The second-order valence-electron chi connectivity index (χ2n) is 6.48. The topological polar surface area (TPSA) is 55.4 Å². The van der Waals surface area contributed by atoms with E-state index < -0.39 is 17.6 Å². The van der Waals surface area contributed by atoms with E-state index in [4.69, 9.17) is 26.6 Å². The van der Waals surface area contributed by atoms with Crippen LogP contribution >= 0.6 is 0 Å². The van der Waals surface area contributed by atoms with Crippen molar-refractivity contribution in [2.45, 2.75) is 60.9 Å². The first-order valence-corrected chi connectivity index (χ1v) is 14.6. The summed E-state index contributed by atoms with van der Waals surface area (Å²) in [5, 5.41) is 1.00. The van der Waals surface area contributed by atoms with E-state index in [1.165, 1.54) is 11.1 Å². The summed E-state index contributed by atoms with van der Waals surface area (Å²) in [6.45, 7) is 17.4. The van der Waals surface area contributed by atoms with Gasteiger partial charge in [0.15, 0.2) is 0 Å². The normalized spacial score (nSPS) is 12.5. The van der Waals surface area contributed by atoms with Gasteiger partial charge in [0, 0.05) is 50.9 Å². The molecule has 1 aromatic rings. The molecule has 0 N–H and O–H groups in total. The van der Waals surface area contributed by atoms with E-state index >= 15 is 0 Å². The van der Waals surface area contributed by atoms with Crippen molar-refractivity contribution in [2.75, 3.05) is 39.6 Å². The number of benzene rings is 1. The Bertz CT molecular complexity index is 550. The van der Waals surface area contributed by atoms with Gasteiger partial charge in [0.05, 0.1) is 0 Å². The van der Waals surface area contributed by atoms with Crippen molar-refractivity contribution in [2.24, 2.45) is 0 Å². The molecule has 0 saturated carbocycles. The van der Waals surface area contributed by atoms with E-state index in [9.17, 15) is 0 Å². The van der Waals surface area contributed by atoms with Crippen molar-refractivity contribution in [1.29, 1.82) is 0 Å². The van der Waals surface area contributed by atoms with Crippen LogP contribution in [0.5, 0.6) is 0 Å². The van der Waals surface area contributed by atoms with Gasteiger partial charge < -0.3 is 26.6 Å². The van der Waals surface area contributed by atoms with Gasteiger partial charge in [-0.05, 0) is 66.0 Å². The predicted octanol–water partition coefficient (Wildman–Crippen LogP) is 3.84. The van der Waals surface area contributed by atoms with Crippen LogP contribution in [0.3, 0.4) is 0 Å². The molecule has 0 amide bonds. The van der Waals surface area contributed by atoms with Gasteiger partial charge in [0.2, 0.25) is 0 Å². The summed E-state index contributed by atoms with van der Waals surface area (Å²) in [5.74, 6) is 0. The number of aryl methyl sites for hydroxylation is 2. The molecule has 0 atom stereocenters. The molecule has 1 rings (SSSR count). The monoisotopic (exact) mass is 444 g/mol. The lowest BCUT2D eigenvalue weighted by Gasteiger charge is -2.30. The van der Waals surface area contributed by atoms with E-state index in [1.54, 1.807) is 0 Å². The Labute approximate surface area is 179 Å². The van der Waals surface area contributed by atoms with Crippen LogP contribution in [-0.2, 0) is 33.0 Å². The first kappa shape index (κ1) is 26.4. The molecule has 0 spiro atoms. The molecule has 0 heterocycles. The number of rotatable bonds is 16. The Kier molecular flexibility index (Phi) is 12.5. The van der Waals surface area contributed by atoms with Gasteiger partial charge in [-0.15, -0.1) is 0 Å². The summed E-state index contributed by atoms with van der Waals surface area (Å²) in [6.07, 6.45) is 0.806. The van der Waals surface area contributed by atoms with Crippen LogP contribution < -0.4 is 5.19 Å². The van der Waals surface area contributed by atoms with Crippen molar-refractivity contribution >= 4 is 22.8 Å². The average Bonchev–Trinajstić information content (AvgIpc) is 2.68.